The van der Waals surface area contributed by atoms with Crippen LogP contribution in [0.2, 0.25) is 0 Å². The minimum absolute atomic E-state index is 0.107. The summed E-state index contributed by atoms with van der Waals surface area (Å²) in [5, 5.41) is 9.03. The molecule has 2 aromatic heterocycles. The highest BCUT2D eigenvalue weighted by molar-refractivity contribution is 7.89. The number of hydrogen-bond acceptors (Lipinski definition) is 6. The Balaban J connectivity index is 1.49. The van der Waals surface area contributed by atoms with Crippen molar-refractivity contribution in [2.75, 3.05) is 26.2 Å². The molecule has 11 heteroatoms. The van der Waals surface area contributed by atoms with Gasteiger partial charge in [0, 0.05) is 26.2 Å². The van der Waals surface area contributed by atoms with Crippen molar-refractivity contribution in [1.82, 2.24) is 24.0 Å². The molecule has 0 saturated carbocycles. The summed E-state index contributed by atoms with van der Waals surface area (Å²) >= 11 is 6.90. The molecule has 4 rings (SSSR count). The summed E-state index contributed by atoms with van der Waals surface area (Å²) in [5.74, 6) is 0.520. The topological polar surface area (TPSA) is 91.3 Å². The zero-order valence-corrected chi connectivity index (χ0v) is 20.6. The Hall–Kier alpha value is -2.34. The number of nitrogens with zero attached hydrogens (tertiary/aromatic N) is 4. The number of carbonyl (C=O) groups is 1. The Morgan fingerprint density at radius 2 is 1.91 bits per heavy atom. The second-order valence-corrected chi connectivity index (χ2v) is 11.1. The van der Waals surface area contributed by atoms with E-state index in [1.807, 2.05) is 36.6 Å². The van der Waals surface area contributed by atoms with Crippen molar-refractivity contribution in [3.8, 4) is 10.7 Å². The molecule has 1 saturated heterocycles. The molecule has 3 aromatic rings. The van der Waals surface area contributed by atoms with E-state index < -0.39 is 16.1 Å². The molecule has 0 bridgehead atoms. The third kappa shape index (κ3) is 4.17. The predicted molar refractivity (Wildman–Crippen MR) is 127 cm³/mol. The van der Waals surface area contributed by atoms with Crippen LogP contribution < -0.4 is 0 Å². The number of carbonyl (C=O) groups excluding carboxylic acids is 1. The summed E-state index contributed by atoms with van der Waals surface area (Å²) < 4.78 is 29.9. The van der Waals surface area contributed by atoms with E-state index >= 15 is 0 Å². The van der Waals surface area contributed by atoms with E-state index in [9.17, 15) is 13.2 Å². The monoisotopic (exact) mass is 491 g/mol. The molecule has 3 heterocycles. The van der Waals surface area contributed by atoms with Crippen molar-refractivity contribution in [3.63, 3.8) is 0 Å². The molecule has 1 aliphatic heterocycles. The Bertz CT molecular complexity index is 1290. The number of H-pyrrole nitrogens is 1. The third-order valence-corrected chi connectivity index (χ3v) is 8.90. The van der Waals surface area contributed by atoms with Crippen LogP contribution in [0, 0.1) is 18.6 Å². The summed E-state index contributed by atoms with van der Waals surface area (Å²) in [6, 6.07) is 8.73. The molecule has 0 radical (unpaired) electrons. The second kappa shape index (κ2) is 8.89. The maximum Gasteiger partial charge on any atom is 0.245 e. The van der Waals surface area contributed by atoms with Crippen LogP contribution in [-0.4, -0.2) is 64.5 Å². The first-order valence-corrected chi connectivity index (χ1v) is 13.0. The molecule has 0 aliphatic carbocycles. The van der Waals surface area contributed by atoms with Crippen LogP contribution in [0.25, 0.3) is 10.7 Å². The molecule has 1 N–H and O–H groups in total. The third-order valence-electron chi connectivity index (χ3n) is 5.70. The zero-order valence-electron chi connectivity index (χ0n) is 18.1. The normalized spacial score (nSPS) is 16.3. The standard InChI is InChI=1S/C21H25N5O3S3/c1-14-6-7-15(2)18(13-14)32(28,29)25-10-8-24(9-11-25)20(27)16(3)26-19(22-23-21(26)30)17-5-4-12-31-17/h4-7,12-13,16H,8-11H2,1-3H3,(H,23,30). The summed E-state index contributed by atoms with van der Waals surface area (Å²) in [4.78, 5) is 16.2. The first kappa shape index (κ1) is 22.8. The Morgan fingerprint density at radius 3 is 2.56 bits per heavy atom. The fraction of sp³-hybridized carbons (Fsp3) is 0.381. The van der Waals surface area contributed by atoms with Gasteiger partial charge in [0.25, 0.3) is 0 Å². The van der Waals surface area contributed by atoms with Gasteiger partial charge >= 0.3 is 0 Å². The maximum atomic E-state index is 13.2. The smallest absolute Gasteiger partial charge is 0.245 e. The van der Waals surface area contributed by atoms with Crippen LogP contribution >= 0.6 is 23.6 Å². The van der Waals surface area contributed by atoms with Crippen molar-refractivity contribution in [2.45, 2.75) is 31.7 Å². The van der Waals surface area contributed by atoms with Crippen LogP contribution in [0.5, 0.6) is 0 Å². The van der Waals surface area contributed by atoms with Crippen LogP contribution in [0.1, 0.15) is 24.1 Å². The highest BCUT2D eigenvalue weighted by Crippen LogP contribution is 2.27. The lowest BCUT2D eigenvalue weighted by Gasteiger charge is -2.35. The summed E-state index contributed by atoms with van der Waals surface area (Å²) in [6.07, 6.45) is 0. The predicted octanol–water partition coefficient (Wildman–Crippen LogP) is 3.38. The van der Waals surface area contributed by atoms with Gasteiger partial charge < -0.3 is 4.90 Å². The van der Waals surface area contributed by atoms with E-state index in [1.54, 1.807) is 29.4 Å². The number of aromatic amines is 1. The average molecular weight is 492 g/mol. The van der Waals surface area contributed by atoms with Crippen molar-refractivity contribution in [2.24, 2.45) is 0 Å². The van der Waals surface area contributed by atoms with Gasteiger partial charge in [0.1, 0.15) is 6.04 Å². The molecule has 170 valence electrons. The fourth-order valence-corrected chi connectivity index (χ4v) is 6.62. The number of thiophene rings is 1. The number of sulfonamides is 1. The highest BCUT2D eigenvalue weighted by atomic mass is 32.2. The summed E-state index contributed by atoms with van der Waals surface area (Å²) in [7, 11) is -3.61. The Morgan fingerprint density at radius 1 is 1.19 bits per heavy atom. The van der Waals surface area contributed by atoms with Crippen molar-refractivity contribution >= 4 is 39.5 Å². The quantitative estimate of drug-likeness (QED) is 0.553. The van der Waals surface area contributed by atoms with Crippen LogP contribution in [0.15, 0.2) is 40.6 Å². The molecule has 1 atom stereocenters. The van der Waals surface area contributed by atoms with Crippen LogP contribution in [0.3, 0.4) is 0 Å². The van der Waals surface area contributed by atoms with E-state index in [1.165, 1.54) is 15.6 Å². The molecular formula is C21H25N5O3S3. The van der Waals surface area contributed by atoms with Gasteiger partial charge in [-0.05, 0) is 61.6 Å². The number of rotatable bonds is 5. The van der Waals surface area contributed by atoms with E-state index in [4.69, 9.17) is 12.2 Å². The number of aromatic nitrogens is 3. The number of nitrogens with one attached hydrogen (secondary N) is 1. The van der Waals surface area contributed by atoms with Crippen molar-refractivity contribution in [3.05, 3.63) is 51.6 Å². The van der Waals surface area contributed by atoms with E-state index in [-0.39, 0.29) is 19.0 Å². The molecular weight excluding hydrogens is 466 g/mol. The first-order valence-electron chi connectivity index (χ1n) is 10.3. The summed E-state index contributed by atoms with van der Waals surface area (Å²) in [6.45, 7) is 6.63. The minimum atomic E-state index is -3.61. The number of amides is 1. The first-order chi connectivity index (χ1) is 15.2. The molecule has 1 amide bonds. The van der Waals surface area contributed by atoms with Gasteiger partial charge in [-0.3, -0.25) is 14.5 Å². The lowest BCUT2D eigenvalue weighted by molar-refractivity contribution is -0.135. The lowest BCUT2D eigenvalue weighted by Crippen LogP contribution is -2.51. The van der Waals surface area contributed by atoms with Crippen molar-refractivity contribution in [1.29, 1.82) is 0 Å². The molecule has 1 unspecified atom stereocenters. The van der Waals surface area contributed by atoms with E-state index in [0.717, 1.165) is 16.0 Å². The van der Waals surface area contributed by atoms with E-state index in [0.29, 0.717) is 28.6 Å². The zero-order chi connectivity index (χ0) is 23.0. The maximum absolute atomic E-state index is 13.2. The molecule has 8 nitrogen and oxygen atoms in total. The highest BCUT2D eigenvalue weighted by Gasteiger charge is 2.33. The van der Waals surface area contributed by atoms with Gasteiger partial charge in [-0.15, -0.1) is 11.3 Å². The number of aryl methyl sites for hydroxylation is 2. The average Bonchev–Trinajstić information content (AvgIpc) is 3.44. The summed E-state index contributed by atoms with van der Waals surface area (Å²) in [5.41, 5.74) is 1.62. The molecule has 1 aromatic carbocycles. The molecule has 32 heavy (non-hydrogen) atoms. The number of hydrogen-bond donors (Lipinski definition) is 1. The van der Waals surface area contributed by atoms with Gasteiger partial charge in [-0.1, -0.05) is 18.2 Å². The van der Waals surface area contributed by atoms with Crippen LogP contribution in [-0.2, 0) is 14.8 Å². The molecule has 1 aliphatic rings. The number of piperazine rings is 1. The second-order valence-electron chi connectivity index (χ2n) is 7.87. The fourth-order valence-electron chi connectivity index (χ4n) is 3.89. The largest absolute Gasteiger partial charge is 0.338 e. The van der Waals surface area contributed by atoms with E-state index in [2.05, 4.69) is 10.2 Å². The Kier molecular flexibility index (Phi) is 6.35. The minimum Gasteiger partial charge on any atom is -0.338 e. The van der Waals surface area contributed by atoms with Gasteiger partial charge in [0.15, 0.2) is 10.6 Å². The molecule has 1 fully saturated rings. The van der Waals surface area contributed by atoms with Crippen molar-refractivity contribution < 1.29 is 13.2 Å². The SMILES string of the molecule is Cc1ccc(C)c(S(=O)(=O)N2CCN(C(=O)C(C)n3c(-c4cccs4)n[nH]c3=S)CC2)c1. The number of benzene rings is 1. The van der Waals surface area contributed by atoms with Gasteiger partial charge in [-0.25, -0.2) is 8.42 Å². The van der Waals surface area contributed by atoms with Gasteiger partial charge in [0.05, 0.1) is 9.77 Å². The Labute approximate surface area is 196 Å². The lowest BCUT2D eigenvalue weighted by atomic mass is 10.2. The van der Waals surface area contributed by atoms with Crippen LogP contribution in [0.4, 0.5) is 0 Å². The van der Waals surface area contributed by atoms with Gasteiger partial charge in [-0.2, -0.15) is 9.40 Å². The molecule has 0 spiro atoms. The van der Waals surface area contributed by atoms with Gasteiger partial charge in [0.2, 0.25) is 15.9 Å².